The van der Waals surface area contributed by atoms with Gasteiger partial charge in [-0.2, -0.15) is 4.98 Å². The summed E-state index contributed by atoms with van der Waals surface area (Å²) in [5.74, 6) is -0.0698. The van der Waals surface area contributed by atoms with Gasteiger partial charge in [0.15, 0.2) is 17.5 Å². The summed E-state index contributed by atoms with van der Waals surface area (Å²) in [6, 6.07) is 0. The Hall–Kier alpha value is -1.98. The Labute approximate surface area is 294 Å². The van der Waals surface area contributed by atoms with E-state index in [9.17, 15) is 29.8 Å². The molecule has 0 spiro atoms. The number of aliphatic hydroxyl groups is 4. The third-order valence-electron chi connectivity index (χ3n) is 8.70. The van der Waals surface area contributed by atoms with Gasteiger partial charge in [-0.15, -0.1) is 0 Å². The van der Waals surface area contributed by atoms with E-state index in [2.05, 4.69) is 21.9 Å². The van der Waals surface area contributed by atoms with Crippen molar-refractivity contribution in [1.82, 2.24) is 19.5 Å². The second kappa shape index (κ2) is 23.6. The number of H-pyrrole nitrogens is 1. The van der Waals surface area contributed by atoms with Crippen molar-refractivity contribution in [3.8, 4) is 0 Å². The summed E-state index contributed by atoms with van der Waals surface area (Å²) >= 11 is 0. The van der Waals surface area contributed by atoms with Crippen LogP contribution in [0.15, 0.2) is 11.1 Å². The molecule has 3 rings (SSSR count). The van der Waals surface area contributed by atoms with Crippen molar-refractivity contribution in [1.29, 1.82) is 0 Å². The normalized spacial score (nSPS) is 22.3. The maximum Gasteiger partial charge on any atom is 0.358 e. The number of imidazole rings is 1. The van der Waals surface area contributed by atoms with Gasteiger partial charge in [-0.05, 0) is 12.8 Å². The molecule has 0 amide bonds. The van der Waals surface area contributed by atoms with Gasteiger partial charge >= 0.3 is 7.60 Å². The number of nitrogens with two attached hydrogens (primary N) is 1. The molecule has 1 fully saturated rings. The van der Waals surface area contributed by atoms with E-state index < -0.39 is 56.8 Å². The summed E-state index contributed by atoms with van der Waals surface area (Å²) in [4.78, 5) is 22.5. The van der Waals surface area contributed by atoms with E-state index in [4.69, 9.17) is 29.0 Å². The van der Waals surface area contributed by atoms with Crippen LogP contribution in [-0.4, -0.2) is 110 Å². The van der Waals surface area contributed by atoms with Gasteiger partial charge in [0.2, 0.25) is 5.95 Å². The molecule has 0 saturated carbocycles. The molecule has 0 aromatic carbocycles. The lowest BCUT2D eigenvalue weighted by Gasteiger charge is -2.40. The van der Waals surface area contributed by atoms with E-state index in [1.807, 2.05) is 0 Å². The van der Waals surface area contributed by atoms with Crippen LogP contribution in [0.3, 0.4) is 0 Å². The molecule has 2 aromatic rings. The van der Waals surface area contributed by atoms with Crippen LogP contribution in [0.25, 0.3) is 11.2 Å². The van der Waals surface area contributed by atoms with Crippen molar-refractivity contribution in [2.24, 2.45) is 0 Å². The number of nitrogens with zero attached hydrogens (tertiary/aromatic N) is 3. The fourth-order valence-electron chi connectivity index (χ4n) is 5.75. The SMILES string of the molecule is CCCCCCCCCCCCCCCCOCCCOP(=O)(COCCn1cnc2c(=O)[nH]c(N)nc21)OC1O[C@H](CO)[C@H](O)[C@H](O)[C@H]1O. The third kappa shape index (κ3) is 14.6. The minimum Gasteiger partial charge on any atom is -0.394 e. The van der Waals surface area contributed by atoms with Crippen LogP contribution in [0.4, 0.5) is 5.95 Å². The summed E-state index contributed by atoms with van der Waals surface area (Å²) in [5, 5.41) is 40.2. The maximum atomic E-state index is 13.8. The zero-order valence-electron chi connectivity index (χ0n) is 29.5. The van der Waals surface area contributed by atoms with Gasteiger partial charge < -0.3 is 49.5 Å². The van der Waals surface area contributed by atoms with E-state index >= 15 is 0 Å². The largest absolute Gasteiger partial charge is 0.394 e. The van der Waals surface area contributed by atoms with E-state index in [0.29, 0.717) is 19.6 Å². The first kappa shape index (κ1) is 42.4. The lowest BCUT2D eigenvalue weighted by Crippen LogP contribution is -2.59. The fraction of sp³-hybridized carbons (Fsp3) is 0.848. The van der Waals surface area contributed by atoms with Crippen LogP contribution >= 0.6 is 7.60 Å². The van der Waals surface area contributed by atoms with Crippen molar-refractivity contribution in [3.05, 3.63) is 16.7 Å². The zero-order valence-corrected chi connectivity index (χ0v) is 30.4. The predicted molar refractivity (Wildman–Crippen MR) is 188 cm³/mol. The van der Waals surface area contributed by atoms with Gasteiger partial charge in [0.25, 0.3) is 5.56 Å². The second-order valence-corrected chi connectivity index (χ2v) is 14.9. The number of nitrogen functional groups attached to an aromatic ring is 1. The first-order chi connectivity index (χ1) is 24.2. The summed E-state index contributed by atoms with van der Waals surface area (Å²) in [6.45, 7) is 2.70. The number of hydrogen-bond donors (Lipinski definition) is 6. The maximum absolute atomic E-state index is 13.8. The third-order valence-corrected chi connectivity index (χ3v) is 10.3. The molecule has 1 saturated heterocycles. The fourth-order valence-corrected chi connectivity index (χ4v) is 7.20. The summed E-state index contributed by atoms with van der Waals surface area (Å²) in [6.07, 6.45) is 11.2. The number of hydrogen-bond acceptors (Lipinski definition) is 14. The Kier molecular flexibility index (Phi) is 20.0. The molecular formula is C33H60N5O11P. The van der Waals surface area contributed by atoms with E-state index in [1.54, 1.807) is 4.57 Å². The number of ether oxygens (including phenoxy) is 3. The number of anilines is 1. The number of nitrogens with one attached hydrogen (secondary N) is 1. The smallest absolute Gasteiger partial charge is 0.358 e. The summed E-state index contributed by atoms with van der Waals surface area (Å²) in [5.41, 5.74) is 5.51. The van der Waals surface area contributed by atoms with Crippen LogP contribution in [0, 0.1) is 0 Å². The number of unbranched alkanes of at least 4 members (excludes halogenated alkanes) is 13. The molecule has 3 heterocycles. The van der Waals surface area contributed by atoms with Crippen LogP contribution in [-0.2, 0) is 34.4 Å². The molecule has 1 aliphatic heterocycles. The Bertz CT molecular complexity index is 1310. The van der Waals surface area contributed by atoms with Crippen molar-refractivity contribution in [2.75, 3.05) is 45.1 Å². The first-order valence-electron chi connectivity index (χ1n) is 18.3. The Morgan fingerprint density at radius 3 is 2.12 bits per heavy atom. The van der Waals surface area contributed by atoms with Crippen molar-refractivity contribution >= 4 is 24.7 Å². The lowest BCUT2D eigenvalue weighted by molar-refractivity contribution is -0.279. The molecule has 6 atom stereocenters. The van der Waals surface area contributed by atoms with Gasteiger partial charge in [0, 0.05) is 19.8 Å². The van der Waals surface area contributed by atoms with Crippen molar-refractivity contribution in [2.45, 2.75) is 140 Å². The molecule has 2 unspecified atom stereocenters. The molecular weight excluding hydrogens is 673 g/mol. The van der Waals surface area contributed by atoms with Gasteiger partial charge in [-0.25, -0.2) is 4.98 Å². The van der Waals surface area contributed by atoms with Gasteiger partial charge in [0.1, 0.15) is 30.8 Å². The quantitative estimate of drug-likeness (QED) is 0.0542. The number of fused-ring (bicyclic) bond motifs is 1. The highest BCUT2D eigenvalue weighted by atomic mass is 31.2. The topological polar surface area (TPSA) is 234 Å². The van der Waals surface area contributed by atoms with E-state index in [0.717, 1.165) is 12.8 Å². The van der Waals surface area contributed by atoms with Crippen LogP contribution < -0.4 is 11.3 Å². The Morgan fingerprint density at radius 2 is 1.48 bits per heavy atom. The molecule has 7 N–H and O–H groups in total. The molecule has 1 aliphatic rings. The average Bonchev–Trinajstić information content (AvgIpc) is 3.51. The Balaban J connectivity index is 1.35. The predicted octanol–water partition coefficient (Wildman–Crippen LogP) is 3.59. The molecule has 17 heteroatoms. The number of aromatic nitrogens is 4. The molecule has 0 radical (unpaired) electrons. The highest BCUT2D eigenvalue weighted by molar-refractivity contribution is 7.53. The Morgan fingerprint density at radius 1 is 0.860 bits per heavy atom. The van der Waals surface area contributed by atoms with Crippen LogP contribution in [0.5, 0.6) is 0 Å². The van der Waals surface area contributed by atoms with Crippen molar-refractivity contribution in [3.63, 3.8) is 0 Å². The minimum atomic E-state index is -4.12. The number of aromatic amines is 1. The molecule has 0 bridgehead atoms. The highest BCUT2D eigenvalue weighted by Gasteiger charge is 2.47. The van der Waals surface area contributed by atoms with E-state index in [-0.39, 0.29) is 36.9 Å². The summed E-state index contributed by atoms with van der Waals surface area (Å²) in [7, 11) is -4.12. The minimum absolute atomic E-state index is 0.0189. The average molecular weight is 734 g/mol. The van der Waals surface area contributed by atoms with Gasteiger partial charge in [-0.1, -0.05) is 90.4 Å². The van der Waals surface area contributed by atoms with Gasteiger partial charge in [-0.3, -0.25) is 18.9 Å². The second-order valence-electron chi connectivity index (χ2n) is 12.9. The van der Waals surface area contributed by atoms with Crippen LogP contribution in [0.2, 0.25) is 0 Å². The monoisotopic (exact) mass is 733 g/mol. The molecule has 0 aliphatic carbocycles. The summed E-state index contributed by atoms with van der Waals surface area (Å²) < 4.78 is 43.2. The van der Waals surface area contributed by atoms with Gasteiger partial charge in [0.05, 0.1) is 26.1 Å². The van der Waals surface area contributed by atoms with Crippen molar-refractivity contribution < 1.29 is 48.2 Å². The van der Waals surface area contributed by atoms with Crippen LogP contribution in [0.1, 0.15) is 103 Å². The molecule has 16 nitrogen and oxygen atoms in total. The number of aliphatic hydroxyl groups excluding tert-OH is 4. The molecule has 2 aromatic heterocycles. The lowest BCUT2D eigenvalue weighted by atomic mass is 10.00. The molecule has 50 heavy (non-hydrogen) atoms. The zero-order chi connectivity index (χ0) is 36.2. The number of rotatable bonds is 28. The molecule has 288 valence electrons. The standard InChI is InChI=1S/C33H60N5O11P/c1-2-3-4-5-6-7-8-9-10-11-12-13-14-15-18-45-19-16-20-47-50(44,49-32-29(42)28(41)27(40)25(22-39)48-32)24-46-21-17-38-23-35-26-30(38)36-33(34)37-31(26)43/h23,25,27-29,32,39-42H,2-22,24H2,1H3,(H3,34,36,37,43)/t25-,27+,28+,29-,32?,50?/m1/s1. The van der Waals surface area contributed by atoms with E-state index in [1.165, 1.54) is 83.4 Å². The highest BCUT2D eigenvalue weighted by Crippen LogP contribution is 2.51. The first-order valence-corrected chi connectivity index (χ1v) is 20.0.